The molecule has 2 aliphatic rings. The minimum Gasteiger partial charge on any atom is -0.368 e. The number of anilines is 2. The Hall–Kier alpha value is -3.37. The Bertz CT molecular complexity index is 1330. The number of para-hydroxylation sites is 2. The molecule has 31 heavy (non-hydrogen) atoms. The van der Waals surface area contributed by atoms with Gasteiger partial charge in [-0.2, -0.15) is 0 Å². The highest BCUT2D eigenvalue weighted by molar-refractivity contribution is 6.33. The van der Waals surface area contributed by atoms with Gasteiger partial charge in [-0.1, -0.05) is 54.1 Å². The molecule has 0 spiro atoms. The van der Waals surface area contributed by atoms with Crippen LogP contribution in [0.15, 0.2) is 72.8 Å². The number of ketones is 1. The summed E-state index contributed by atoms with van der Waals surface area (Å²) < 4.78 is 0. The Balaban J connectivity index is 1.46. The Labute approximate surface area is 185 Å². The Morgan fingerprint density at radius 2 is 1.45 bits per heavy atom. The average Bonchev–Trinajstić information content (AvgIpc) is 3.11. The summed E-state index contributed by atoms with van der Waals surface area (Å²) >= 11 is 6.23. The fourth-order valence-electron chi connectivity index (χ4n) is 4.79. The van der Waals surface area contributed by atoms with Crippen LogP contribution in [0.25, 0.3) is 22.0 Å². The second-order valence-electron chi connectivity index (χ2n) is 8.03. The van der Waals surface area contributed by atoms with E-state index in [1.807, 2.05) is 42.5 Å². The van der Waals surface area contributed by atoms with Gasteiger partial charge >= 0.3 is 0 Å². The molecule has 6 rings (SSSR count). The van der Waals surface area contributed by atoms with Gasteiger partial charge in [-0.15, -0.1) is 0 Å². The maximum absolute atomic E-state index is 13.4. The Kier molecular flexibility index (Phi) is 4.22. The standard InChI is InChI=1S/C26H20ClN3O/c27-17-10-11-19-21(16-17)25(31)23-20-8-4-5-9-22(20)28-26(24(19)23)30-14-12-29(13-15-30)18-6-2-1-3-7-18/h1-11,16H,12-15H2. The van der Waals surface area contributed by atoms with Crippen LogP contribution in [0.1, 0.15) is 15.9 Å². The third-order valence-electron chi connectivity index (χ3n) is 6.30. The molecule has 0 N–H and O–H groups in total. The molecule has 1 aliphatic carbocycles. The molecule has 1 aromatic heterocycles. The second-order valence-corrected chi connectivity index (χ2v) is 8.47. The molecule has 0 atom stereocenters. The highest BCUT2D eigenvalue weighted by Crippen LogP contribution is 2.45. The molecule has 0 radical (unpaired) electrons. The van der Waals surface area contributed by atoms with E-state index < -0.39 is 0 Å². The molecule has 1 aliphatic heterocycles. The summed E-state index contributed by atoms with van der Waals surface area (Å²) in [5.41, 5.74) is 5.41. The summed E-state index contributed by atoms with van der Waals surface area (Å²) in [4.78, 5) is 23.2. The number of halogens is 1. The lowest BCUT2D eigenvalue weighted by molar-refractivity contribution is 0.104. The van der Waals surface area contributed by atoms with Crippen LogP contribution in [0.4, 0.5) is 11.5 Å². The van der Waals surface area contributed by atoms with Gasteiger partial charge in [0.1, 0.15) is 5.82 Å². The highest BCUT2D eigenvalue weighted by atomic mass is 35.5. The van der Waals surface area contributed by atoms with Crippen molar-refractivity contribution in [3.63, 3.8) is 0 Å². The molecular formula is C26H20ClN3O. The van der Waals surface area contributed by atoms with Crippen LogP contribution in [-0.4, -0.2) is 36.9 Å². The molecule has 3 aromatic carbocycles. The van der Waals surface area contributed by atoms with Crippen LogP contribution in [0.5, 0.6) is 0 Å². The van der Waals surface area contributed by atoms with Crippen molar-refractivity contribution in [3.8, 4) is 11.1 Å². The summed E-state index contributed by atoms with van der Waals surface area (Å²) in [6.45, 7) is 3.52. The number of nitrogens with zero attached hydrogens (tertiary/aromatic N) is 3. The van der Waals surface area contributed by atoms with E-state index in [2.05, 4.69) is 34.1 Å². The van der Waals surface area contributed by atoms with Gasteiger partial charge < -0.3 is 9.80 Å². The summed E-state index contributed by atoms with van der Waals surface area (Å²) in [5.74, 6) is 0.936. The van der Waals surface area contributed by atoms with E-state index in [1.165, 1.54) is 5.69 Å². The summed E-state index contributed by atoms with van der Waals surface area (Å²) in [6, 6.07) is 24.0. The van der Waals surface area contributed by atoms with Crippen molar-refractivity contribution in [1.82, 2.24) is 4.98 Å². The topological polar surface area (TPSA) is 36.4 Å². The zero-order valence-electron chi connectivity index (χ0n) is 16.9. The first-order chi connectivity index (χ1) is 15.2. The molecule has 152 valence electrons. The molecule has 0 amide bonds. The molecular weight excluding hydrogens is 406 g/mol. The first kappa shape index (κ1) is 18.4. The number of fused-ring (bicyclic) bond motifs is 5. The number of benzene rings is 3. The van der Waals surface area contributed by atoms with Gasteiger partial charge in [-0.05, 0) is 35.9 Å². The predicted octanol–water partition coefficient (Wildman–Crippen LogP) is 5.43. The van der Waals surface area contributed by atoms with Gasteiger partial charge in [-0.25, -0.2) is 4.98 Å². The summed E-state index contributed by atoms with van der Waals surface area (Å²) in [7, 11) is 0. The van der Waals surface area contributed by atoms with Gasteiger partial charge in [0, 0.05) is 59.0 Å². The molecule has 2 heterocycles. The van der Waals surface area contributed by atoms with Crippen molar-refractivity contribution >= 4 is 39.8 Å². The lowest BCUT2D eigenvalue weighted by Gasteiger charge is -2.37. The molecule has 1 saturated heterocycles. The van der Waals surface area contributed by atoms with E-state index >= 15 is 0 Å². The second kappa shape index (κ2) is 7.10. The molecule has 1 fully saturated rings. The summed E-state index contributed by atoms with van der Waals surface area (Å²) in [5, 5.41) is 1.48. The first-order valence-corrected chi connectivity index (χ1v) is 10.9. The number of carbonyl (C=O) groups is 1. The minimum absolute atomic E-state index is 0.0373. The monoisotopic (exact) mass is 425 g/mol. The van der Waals surface area contributed by atoms with Crippen molar-refractivity contribution in [2.75, 3.05) is 36.0 Å². The fourth-order valence-corrected chi connectivity index (χ4v) is 4.96. The van der Waals surface area contributed by atoms with Crippen molar-refractivity contribution < 1.29 is 4.79 Å². The average molecular weight is 426 g/mol. The summed E-state index contributed by atoms with van der Waals surface area (Å²) in [6.07, 6.45) is 0. The van der Waals surface area contributed by atoms with E-state index in [0.29, 0.717) is 10.6 Å². The molecule has 0 unspecified atom stereocenters. The Morgan fingerprint density at radius 1 is 0.742 bits per heavy atom. The van der Waals surface area contributed by atoms with Gasteiger partial charge in [0.15, 0.2) is 5.78 Å². The number of pyridine rings is 1. The largest absolute Gasteiger partial charge is 0.368 e. The van der Waals surface area contributed by atoms with E-state index in [1.54, 1.807) is 6.07 Å². The van der Waals surface area contributed by atoms with Gasteiger partial charge in [0.05, 0.1) is 5.52 Å². The van der Waals surface area contributed by atoms with E-state index in [4.69, 9.17) is 16.6 Å². The highest BCUT2D eigenvalue weighted by Gasteiger charge is 2.34. The molecule has 5 heteroatoms. The maximum atomic E-state index is 13.4. The first-order valence-electron chi connectivity index (χ1n) is 10.5. The van der Waals surface area contributed by atoms with Crippen molar-refractivity contribution in [1.29, 1.82) is 0 Å². The van der Waals surface area contributed by atoms with E-state index in [9.17, 15) is 4.79 Å². The molecule has 4 nitrogen and oxygen atoms in total. The zero-order valence-corrected chi connectivity index (χ0v) is 17.6. The van der Waals surface area contributed by atoms with Crippen LogP contribution in [-0.2, 0) is 0 Å². The van der Waals surface area contributed by atoms with Crippen molar-refractivity contribution in [2.24, 2.45) is 0 Å². The van der Waals surface area contributed by atoms with Crippen molar-refractivity contribution in [2.45, 2.75) is 0 Å². The quantitative estimate of drug-likeness (QED) is 0.378. The number of aromatic nitrogens is 1. The third-order valence-corrected chi connectivity index (χ3v) is 6.53. The predicted molar refractivity (Wildman–Crippen MR) is 126 cm³/mol. The van der Waals surface area contributed by atoms with E-state index in [0.717, 1.165) is 59.6 Å². The molecule has 0 bridgehead atoms. The lowest BCUT2D eigenvalue weighted by Crippen LogP contribution is -2.47. The van der Waals surface area contributed by atoms with Crippen LogP contribution in [0.2, 0.25) is 5.02 Å². The van der Waals surface area contributed by atoms with Crippen LogP contribution in [0.3, 0.4) is 0 Å². The van der Waals surface area contributed by atoms with E-state index in [-0.39, 0.29) is 5.78 Å². The van der Waals surface area contributed by atoms with Crippen LogP contribution < -0.4 is 9.80 Å². The molecule has 0 saturated carbocycles. The lowest BCUT2D eigenvalue weighted by atomic mass is 10.0. The number of carbonyl (C=O) groups excluding carboxylic acids is 1. The molecule has 4 aromatic rings. The van der Waals surface area contributed by atoms with Crippen LogP contribution >= 0.6 is 11.6 Å². The maximum Gasteiger partial charge on any atom is 0.195 e. The van der Waals surface area contributed by atoms with Gasteiger partial charge in [0.2, 0.25) is 0 Å². The minimum atomic E-state index is 0.0373. The van der Waals surface area contributed by atoms with Gasteiger partial charge in [-0.3, -0.25) is 4.79 Å². The van der Waals surface area contributed by atoms with Crippen molar-refractivity contribution in [3.05, 3.63) is 88.9 Å². The fraction of sp³-hybridized carbons (Fsp3) is 0.154. The number of hydrogen-bond donors (Lipinski definition) is 0. The smallest absolute Gasteiger partial charge is 0.195 e. The third kappa shape index (κ3) is 2.90. The van der Waals surface area contributed by atoms with Crippen LogP contribution in [0, 0.1) is 0 Å². The van der Waals surface area contributed by atoms with Gasteiger partial charge in [0.25, 0.3) is 0 Å². The zero-order chi connectivity index (χ0) is 20.9. The normalized spacial score (nSPS) is 15.3. The number of hydrogen-bond acceptors (Lipinski definition) is 4. The SMILES string of the molecule is O=C1c2cc(Cl)ccc2-c2c(N3CCN(c4ccccc4)CC3)nc3ccccc3c21. The Morgan fingerprint density at radius 3 is 2.26 bits per heavy atom. The number of rotatable bonds is 2. The number of piperazine rings is 1.